The van der Waals surface area contributed by atoms with Gasteiger partial charge in [0, 0.05) is 0 Å². The Kier molecular flexibility index (Phi) is 4.47. The Balaban J connectivity index is 2.40. The van der Waals surface area contributed by atoms with E-state index in [9.17, 15) is 9.59 Å². The van der Waals surface area contributed by atoms with Gasteiger partial charge in [-0.1, -0.05) is 24.3 Å². The summed E-state index contributed by atoms with van der Waals surface area (Å²) >= 11 is 0. The summed E-state index contributed by atoms with van der Waals surface area (Å²) in [6, 6.07) is 7.55. The average Bonchev–Trinajstić information content (AvgIpc) is 2.21. The molecule has 1 aromatic carbocycles. The minimum atomic E-state index is -0.629. The number of carbonyl (C=O) groups is 2. The van der Waals surface area contributed by atoms with Crippen LogP contribution >= 0.6 is 0 Å². The van der Waals surface area contributed by atoms with Gasteiger partial charge in [0.2, 0.25) is 11.8 Å². The monoisotopic (exact) mass is 222 g/mol. The highest BCUT2D eigenvalue weighted by molar-refractivity contribution is 5.78. The van der Waals surface area contributed by atoms with E-state index in [4.69, 9.17) is 5.73 Å². The van der Waals surface area contributed by atoms with E-state index in [2.05, 4.69) is 10.3 Å². The number of rotatable bonds is 5. The topological polar surface area (TPSA) is 81.4 Å². The molecule has 0 unspecified atom stereocenters. The summed E-state index contributed by atoms with van der Waals surface area (Å²) < 4.78 is 0. The van der Waals surface area contributed by atoms with E-state index in [1.165, 1.54) is 0 Å². The number of amides is 2. The largest absolute Gasteiger partial charge is 0.368 e. The fraction of sp³-hybridized carbons (Fsp3) is 0.273. The molecule has 0 spiro atoms. The number of carbonyl (C=O) groups excluding carboxylic acids is 2. The molecular weight excluding hydrogens is 208 g/mol. The molecule has 0 heterocycles. The lowest BCUT2D eigenvalue weighted by Gasteiger charge is -2.06. The predicted octanol–water partition coefficient (Wildman–Crippen LogP) is 0.0706. The quantitative estimate of drug-likeness (QED) is 0.692. The number of benzene rings is 1. The number of nitrogens with two attached hydrogens (primary N) is 1. The molecule has 5 heteroatoms. The lowest BCUT2D eigenvalue weighted by Crippen LogP contribution is -2.30. The molecule has 16 heavy (non-hydrogen) atoms. The molecule has 3 N–H and O–H groups in total. The van der Waals surface area contributed by atoms with Gasteiger partial charge >= 0.3 is 0 Å². The van der Waals surface area contributed by atoms with Crippen LogP contribution in [0.1, 0.15) is 11.1 Å². The van der Waals surface area contributed by atoms with Crippen molar-refractivity contribution in [2.24, 2.45) is 5.73 Å². The molecule has 0 bridgehead atoms. The second kappa shape index (κ2) is 5.87. The molecule has 0 aliphatic carbocycles. The minimum absolute atomic E-state index is 0.214. The normalized spacial score (nSPS) is 9.81. The van der Waals surface area contributed by atoms with Crippen LogP contribution < -0.4 is 11.2 Å². The molecule has 0 aromatic heterocycles. The van der Waals surface area contributed by atoms with E-state index in [0.29, 0.717) is 0 Å². The lowest BCUT2D eigenvalue weighted by atomic mass is 10.1. The van der Waals surface area contributed by atoms with Gasteiger partial charge in [-0.3, -0.25) is 14.4 Å². The maximum absolute atomic E-state index is 11.4. The molecule has 0 fully saturated rings. The van der Waals surface area contributed by atoms with E-state index in [1.807, 2.05) is 31.2 Å². The first-order valence-electron chi connectivity index (χ1n) is 4.83. The van der Waals surface area contributed by atoms with Crippen molar-refractivity contribution in [3.05, 3.63) is 35.4 Å². The van der Waals surface area contributed by atoms with E-state index >= 15 is 0 Å². The van der Waals surface area contributed by atoms with Gasteiger partial charge in [0.25, 0.3) is 0 Å². The van der Waals surface area contributed by atoms with E-state index in [-0.39, 0.29) is 18.9 Å². The number of hydroxylamine groups is 1. The van der Waals surface area contributed by atoms with E-state index < -0.39 is 5.91 Å². The fourth-order valence-electron chi connectivity index (χ4n) is 1.21. The van der Waals surface area contributed by atoms with Crippen LogP contribution in [-0.2, 0) is 20.8 Å². The van der Waals surface area contributed by atoms with Gasteiger partial charge in [-0.15, -0.1) is 0 Å². The Morgan fingerprint density at radius 1 is 1.38 bits per heavy atom. The van der Waals surface area contributed by atoms with Crippen LogP contribution in [0.15, 0.2) is 24.3 Å². The first-order valence-corrected chi connectivity index (χ1v) is 4.83. The van der Waals surface area contributed by atoms with Crippen molar-refractivity contribution in [2.75, 3.05) is 6.61 Å². The van der Waals surface area contributed by atoms with E-state index in [0.717, 1.165) is 11.1 Å². The summed E-state index contributed by atoms with van der Waals surface area (Å²) in [4.78, 5) is 26.3. The molecule has 0 aliphatic heterocycles. The Labute approximate surface area is 93.5 Å². The first-order chi connectivity index (χ1) is 7.59. The summed E-state index contributed by atoms with van der Waals surface area (Å²) in [5, 5.41) is 0. The fourth-order valence-corrected chi connectivity index (χ4v) is 1.21. The smallest absolute Gasteiger partial charge is 0.247 e. The summed E-state index contributed by atoms with van der Waals surface area (Å²) in [6.07, 6.45) is 0.214. The van der Waals surface area contributed by atoms with Crippen LogP contribution in [-0.4, -0.2) is 18.4 Å². The SMILES string of the molecule is Cc1ccccc1CC(=O)NOCC(N)=O. The molecule has 0 atom stereocenters. The number of hydrogen-bond acceptors (Lipinski definition) is 3. The Bertz CT molecular complexity index is 391. The third kappa shape index (κ3) is 4.10. The molecule has 1 rings (SSSR count). The van der Waals surface area contributed by atoms with Crippen molar-refractivity contribution < 1.29 is 14.4 Å². The standard InChI is InChI=1S/C11H14N2O3/c1-8-4-2-3-5-9(8)6-11(15)13-16-7-10(12)14/h2-5H,6-7H2,1H3,(H2,12,14)(H,13,15). The molecule has 2 amide bonds. The zero-order chi connectivity index (χ0) is 12.0. The molecule has 0 radical (unpaired) electrons. The summed E-state index contributed by atoms with van der Waals surface area (Å²) in [6.45, 7) is 1.60. The molecule has 1 aromatic rings. The minimum Gasteiger partial charge on any atom is -0.368 e. The van der Waals surface area contributed by atoms with Crippen LogP contribution in [0.3, 0.4) is 0 Å². The van der Waals surface area contributed by atoms with Crippen molar-refractivity contribution >= 4 is 11.8 Å². The maximum Gasteiger partial charge on any atom is 0.247 e. The van der Waals surface area contributed by atoms with Crippen molar-refractivity contribution in [3.63, 3.8) is 0 Å². The van der Waals surface area contributed by atoms with Crippen molar-refractivity contribution in [1.29, 1.82) is 0 Å². The number of aryl methyl sites for hydroxylation is 1. The molecule has 0 saturated carbocycles. The average molecular weight is 222 g/mol. The number of nitrogens with one attached hydrogen (secondary N) is 1. The van der Waals surface area contributed by atoms with E-state index in [1.54, 1.807) is 0 Å². The number of hydrogen-bond donors (Lipinski definition) is 2. The van der Waals surface area contributed by atoms with Crippen LogP contribution in [0.25, 0.3) is 0 Å². The summed E-state index contributed by atoms with van der Waals surface area (Å²) in [5.74, 6) is -0.938. The van der Waals surface area contributed by atoms with Crippen LogP contribution in [0.2, 0.25) is 0 Å². The number of primary amides is 1. The highest BCUT2D eigenvalue weighted by Crippen LogP contribution is 2.07. The maximum atomic E-state index is 11.4. The van der Waals surface area contributed by atoms with Gasteiger partial charge in [-0.05, 0) is 18.1 Å². The Morgan fingerprint density at radius 3 is 2.69 bits per heavy atom. The zero-order valence-electron chi connectivity index (χ0n) is 9.03. The van der Waals surface area contributed by atoms with Gasteiger partial charge < -0.3 is 5.73 Å². The highest BCUT2D eigenvalue weighted by atomic mass is 16.7. The lowest BCUT2D eigenvalue weighted by molar-refractivity contribution is -0.137. The Morgan fingerprint density at radius 2 is 2.06 bits per heavy atom. The molecule has 86 valence electrons. The van der Waals surface area contributed by atoms with Crippen molar-refractivity contribution in [1.82, 2.24) is 5.48 Å². The van der Waals surface area contributed by atoms with Crippen LogP contribution in [0, 0.1) is 6.92 Å². The summed E-state index contributed by atoms with van der Waals surface area (Å²) in [7, 11) is 0. The highest BCUT2D eigenvalue weighted by Gasteiger charge is 2.05. The second-order valence-corrected chi connectivity index (χ2v) is 3.38. The first kappa shape index (κ1) is 12.2. The molecule has 5 nitrogen and oxygen atoms in total. The predicted molar refractivity (Wildman–Crippen MR) is 58.2 cm³/mol. The van der Waals surface area contributed by atoms with Crippen molar-refractivity contribution in [3.8, 4) is 0 Å². The van der Waals surface area contributed by atoms with Crippen molar-refractivity contribution in [2.45, 2.75) is 13.3 Å². The van der Waals surface area contributed by atoms with Gasteiger partial charge in [0.1, 0.15) is 0 Å². The van der Waals surface area contributed by atoms with Crippen LogP contribution in [0.5, 0.6) is 0 Å². The van der Waals surface area contributed by atoms with Gasteiger partial charge in [-0.25, -0.2) is 5.48 Å². The summed E-state index contributed by atoms with van der Waals surface area (Å²) in [5.41, 5.74) is 8.94. The molecule has 0 saturated heterocycles. The third-order valence-corrected chi connectivity index (χ3v) is 2.01. The van der Waals surface area contributed by atoms with Crippen LogP contribution in [0.4, 0.5) is 0 Å². The van der Waals surface area contributed by atoms with Gasteiger partial charge in [0.15, 0.2) is 6.61 Å². The molecule has 0 aliphatic rings. The second-order valence-electron chi connectivity index (χ2n) is 3.38. The van der Waals surface area contributed by atoms with Gasteiger partial charge in [0.05, 0.1) is 6.42 Å². The third-order valence-electron chi connectivity index (χ3n) is 2.01. The molecular formula is C11H14N2O3. The zero-order valence-corrected chi connectivity index (χ0v) is 9.03. The Hall–Kier alpha value is -1.88. The van der Waals surface area contributed by atoms with Gasteiger partial charge in [-0.2, -0.15) is 0 Å².